The Hall–Kier alpha value is -3.82. The van der Waals surface area contributed by atoms with Crippen molar-refractivity contribution in [2.45, 2.75) is 50.5 Å². The van der Waals surface area contributed by atoms with E-state index in [0.29, 0.717) is 5.92 Å². The third-order valence-corrected chi connectivity index (χ3v) is 6.12. The van der Waals surface area contributed by atoms with Crippen molar-refractivity contribution >= 4 is 23.3 Å². The van der Waals surface area contributed by atoms with Gasteiger partial charge in [-0.15, -0.1) is 0 Å². The lowest BCUT2D eigenvalue weighted by molar-refractivity contribution is -0.193. The molecule has 3 aromatic heterocycles. The molecular formula is C24H27F6N5O5. The molecule has 1 atom stereocenters. The summed E-state index contributed by atoms with van der Waals surface area (Å²) in [4.78, 5) is 27.5. The molecule has 2 fully saturated rings. The molecule has 0 aromatic carbocycles. The average molecular weight is 579 g/mol. The van der Waals surface area contributed by atoms with Crippen molar-refractivity contribution in [2.75, 3.05) is 31.1 Å². The molecule has 0 saturated carbocycles. The molecule has 10 nitrogen and oxygen atoms in total. The molecule has 5 heterocycles. The zero-order valence-corrected chi connectivity index (χ0v) is 21.0. The highest BCUT2D eigenvalue weighted by molar-refractivity contribution is 5.73. The van der Waals surface area contributed by atoms with Crippen LogP contribution in [0.3, 0.4) is 0 Å². The van der Waals surface area contributed by atoms with E-state index in [1.807, 2.05) is 16.6 Å². The molecule has 5 rings (SSSR count). The lowest BCUT2D eigenvalue weighted by atomic mass is 9.97. The van der Waals surface area contributed by atoms with Crippen molar-refractivity contribution in [2.24, 2.45) is 0 Å². The Morgan fingerprint density at radius 3 is 2.12 bits per heavy atom. The Balaban J connectivity index is 0.000000263. The average Bonchev–Trinajstić information content (AvgIpc) is 3.65. The number of nitrogens with zero attached hydrogens (tertiary/aromatic N) is 5. The quantitative estimate of drug-likeness (QED) is 0.428. The Morgan fingerprint density at radius 2 is 1.57 bits per heavy atom. The van der Waals surface area contributed by atoms with Crippen LogP contribution in [0, 0.1) is 0 Å². The van der Waals surface area contributed by atoms with Gasteiger partial charge in [0.05, 0.1) is 24.7 Å². The lowest BCUT2D eigenvalue weighted by Crippen LogP contribution is -2.34. The molecule has 2 saturated heterocycles. The molecule has 2 N–H and O–H groups in total. The van der Waals surface area contributed by atoms with Gasteiger partial charge in [-0.05, 0) is 56.5 Å². The minimum Gasteiger partial charge on any atom is -0.475 e. The molecule has 16 heteroatoms. The maximum Gasteiger partial charge on any atom is 0.490 e. The standard InChI is InChI=1S/C20H25N5O.2C2HF3O2/c1-2-11-24(10-1)17-7-8-19-21-20(22-25(19)14-17)16-5-3-9-23(13-16)15-18-6-4-12-26-18;2*3-2(4,5)1(6)7/h4,6-8,12,14,16H,1-3,5,9-11,13,15H2;2*(H,6,7). The summed E-state index contributed by atoms with van der Waals surface area (Å²) >= 11 is 0. The molecule has 1 unspecified atom stereocenters. The zero-order chi connectivity index (χ0) is 29.5. The SMILES string of the molecule is O=C(O)C(F)(F)F.O=C(O)C(F)(F)F.c1coc(CN2CCCC(c3nc4ccc(N5CCCC5)cn4n3)C2)c1. The van der Waals surface area contributed by atoms with E-state index in [-0.39, 0.29) is 0 Å². The van der Waals surface area contributed by atoms with Gasteiger partial charge in [-0.3, -0.25) is 4.90 Å². The van der Waals surface area contributed by atoms with Crippen molar-refractivity contribution in [3.05, 3.63) is 48.3 Å². The molecule has 0 aliphatic carbocycles. The van der Waals surface area contributed by atoms with Gasteiger partial charge in [0.15, 0.2) is 11.5 Å². The van der Waals surface area contributed by atoms with Gasteiger partial charge in [-0.25, -0.2) is 19.1 Å². The number of anilines is 1. The Morgan fingerprint density at radius 1 is 0.950 bits per heavy atom. The predicted octanol–water partition coefficient (Wildman–Crippen LogP) is 4.57. The molecule has 0 radical (unpaired) electrons. The summed E-state index contributed by atoms with van der Waals surface area (Å²) in [7, 11) is 0. The molecular weight excluding hydrogens is 552 g/mol. The fraction of sp³-hybridized carbons (Fsp3) is 0.500. The highest BCUT2D eigenvalue weighted by Gasteiger charge is 2.38. The van der Waals surface area contributed by atoms with Crippen LogP contribution >= 0.6 is 0 Å². The number of alkyl halides is 6. The van der Waals surface area contributed by atoms with Gasteiger partial charge in [0.1, 0.15) is 5.76 Å². The first kappa shape index (κ1) is 30.7. The van der Waals surface area contributed by atoms with E-state index in [4.69, 9.17) is 34.3 Å². The van der Waals surface area contributed by atoms with Crippen LogP contribution in [0.1, 0.15) is 43.2 Å². The van der Waals surface area contributed by atoms with Crippen LogP contribution in [0.4, 0.5) is 32.0 Å². The second-order valence-corrected chi connectivity index (χ2v) is 9.11. The van der Waals surface area contributed by atoms with Crippen LogP contribution in [0.2, 0.25) is 0 Å². The molecule has 3 aromatic rings. The number of aromatic nitrogens is 3. The number of carboxylic acids is 2. The van der Waals surface area contributed by atoms with Crippen molar-refractivity contribution in [3.8, 4) is 0 Å². The van der Waals surface area contributed by atoms with E-state index >= 15 is 0 Å². The summed E-state index contributed by atoms with van der Waals surface area (Å²) in [6.45, 7) is 5.28. The third kappa shape index (κ3) is 8.86. The van der Waals surface area contributed by atoms with Crippen molar-refractivity contribution in [1.82, 2.24) is 19.5 Å². The fourth-order valence-corrected chi connectivity index (χ4v) is 4.26. The molecule has 2 aliphatic rings. The summed E-state index contributed by atoms with van der Waals surface area (Å²) in [6.07, 6.45) is -1.37. The van der Waals surface area contributed by atoms with Crippen molar-refractivity contribution < 1.29 is 50.6 Å². The minimum absolute atomic E-state index is 0.397. The van der Waals surface area contributed by atoms with E-state index in [9.17, 15) is 26.3 Å². The number of likely N-dealkylation sites (tertiary alicyclic amines) is 1. The van der Waals surface area contributed by atoms with Crippen LogP contribution < -0.4 is 4.90 Å². The van der Waals surface area contributed by atoms with E-state index in [1.54, 1.807) is 6.26 Å². The number of fused-ring (bicyclic) bond motifs is 1. The van der Waals surface area contributed by atoms with Crippen LogP contribution in [-0.4, -0.2) is 80.2 Å². The first-order valence-electron chi connectivity index (χ1n) is 12.2. The van der Waals surface area contributed by atoms with Gasteiger partial charge >= 0.3 is 24.3 Å². The number of rotatable bonds is 4. The van der Waals surface area contributed by atoms with E-state index in [1.165, 1.54) is 24.9 Å². The van der Waals surface area contributed by atoms with Gasteiger partial charge in [0, 0.05) is 25.6 Å². The van der Waals surface area contributed by atoms with Crippen LogP contribution in [0.5, 0.6) is 0 Å². The molecule has 40 heavy (non-hydrogen) atoms. The number of furan rings is 1. The number of carboxylic acid groups (broad SMARTS) is 2. The minimum atomic E-state index is -5.08. The molecule has 0 bridgehead atoms. The van der Waals surface area contributed by atoms with Gasteiger partial charge in [-0.1, -0.05) is 0 Å². The molecule has 220 valence electrons. The number of aliphatic carboxylic acids is 2. The molecule has 0 spiro atoms. The Kier molecular flexibility index (Phi) is 10.0. The number of pyridine rings is 1. The lowest BCUT2D eigenvalue weighted by Gasteiger charge is -2.30. The van der Waals surface area contributed by atoms with E-state index in [0.717, 1.165) is 56.4 Å². The number of carbonyl (C=O) groups is 2. The van der Waals surface area contributed by atoms with Crippen LogP contribution in [0.25, 0.3) is 5.65 Å². The normalized spacial score (nSPS) is 18.1. The second-order valence-electron chi connectivity index (χ2n) is 9.11. The zero-order valence-electron chi connectivity index (χ0n) is 21.0. The van der Waals surface area contributed by atoms with Crippen LogP contribution in [-0.2, 0) is 16.1 Å². The fourth-order valence-electron chi connectivity index (χ4n) is 4.26. The molecule has 2 aliphatic heterocycles. The highest BCUT2D eigenvalue weighted by atomic mass is 19.4. The van der Waals surface area contributed by atoms with Crippen molar-refractivity contribution in [3.63, 3.8) is 0 Å². The van der Waals surface area contributed by atoms with Crippen molar-refractivity contribution in [1.29, 1.82) is 0 Å². The number of hydrogen-bond donors (Lipinski definition) is 2. The van der Waals surface area contributed by atoms with E-state index < -0.39 is 24.3 Å². The number of halogens is 6. The van der Waals surface area contributed by atoms with Gasteiger partial charge in [-0.2, -0.15) is 31.4 Å². The monoisotopic (exact) mass is 579 g/mol. The summed E-state index contributed by atoms with van der Waals surface area (Å²) in [6, 6.07) is 8.29. The first-order valence-corrected chi connectivity index (χ1v) is 12.2. The van der Waals surface area contributed by atoms with Crippen LogP contribution in [0.15, 0.2) is 41.1 Å². The highest BCUT2D eigenvalue weighted by Crippen LogP contribution is 2.27. The Labute approximate surface area is 223 Å². The summed E-state index contributed by atoms with van der Waals surface area (Å²) in [5.41, 5.74) is 2.21. The van der Waals surface area contributed by atoms with Gasteiger partial charge < -0.3 is 19.5 Å². The summed E-state index contributed by atoms with van der Waals surface area (Å²) in [5.74, 6) is -3.11. The summed E-state index contributed by atoms with van der Waals surface area (Å²) in [5, 5.41) is 19.1. The summed E-state index contributed by atoms with van der Waals surface area (Å²) < 4.78 is 70.9. The Bertz CT molecular complexity index is 1230. The third-order valence-electron chi connectivity index (χ3n) is 6.12. The van der Waals surface area contributed by atoms with E-state index in [2.05, 4.69) is 28.1 Å². The topological polar surface area (TPSA) is 124 Å². The maximum atomic E-state index is 10.6. The first-order chi connectivity index (χ1) is 18.7. The van der Waals surface area contributed by atoms with Gasteiger partial charge in [0.2, 0.25) is 0 Å². The second kappa shape index (κ2) is 13.0. The largest absolute Gasteiger partial charge is 0.490 e. The number of piperidine rings is 1. The smallest absolute Gasteiger partial charge is 0.475 e. The predicted molar refractivity (Wildman–Crippen MR) is 128 cm³/mol. The molecule has 0 amide bonds. The number of hydrogen-bond acceptors (Lipinski definition) is 7. The maximum absolute atomic E-state index is 10.6. The van der Waals surface area contributed by atoms with Gasteiger partial charge in [0.25, 0.3) is 0 Å².